The lowest BCUT2D eigenvalue weighted by atomic mass is 10.1. The van der Waals surface area contributed by atoms with Crippen LogP contribution in [0.4, 0.5) is 5.69 Å². The van der Waals surface area contributed by atoms with Crippen molar-refractivity contribution in [2.75, 3.05) is 25.0 Å². The zero-order chi connectivity index (χ0) is 15.4. The number of carbonyl (C=O) groups is 2. The Labute approximate surface area is 125 Å². The van der Waals surface area contributed by atoms with Crippen LogP contribution in [0, 0.1) is 0 Å². The summed E-state index contributed by atoms with van der Waals surface area (Å²) in [4.78, 5) is 25.7. The SMILES string of the molecule is CC(=O)c1cccc(NC(=O)CN2CC(C)NCC2C)c1. The molecule has 2 rings (SSSR count). The molecule has 0 bridgehead atoms. The highest BCUT2D eigenvalue weighted by molar-refractivity contribution is 5.97. The summed E-state index contributed by atoms with van der Waals surface area (Å²) >= 11 is 0. The fourth-order valence-electron chi connectivity index (χ4n) is 2.52. The number of ketones is 1. The van der Waals surface area contributed by atoms with E-state index in [0.29, 0.717) is 29.9 Å². The number of amides is 1. The molecule has 1 heterocycles. The Morgan fingerprint density at radius 1 is 1.38 bits per heavy atom. The van der Waals surface area contributed by atoms with Crippen LogP contribution >= 0.6 is 0 Å². The van der Waals surface area contributed by atoms with E-state index in [9.17, 15) is 9.59 Å². The third kappa shape index (κ3) is 4.37. The fraction of sp³-hybridized carbons (Fsp3) is 0.500. The summed E-state index contributed by atoms with van der Waals surface area (Å²) in [5, 5.41) is 6.26. The van der Waals surface area contributed by atoms with E-state index in [1.165, 1.54) is 6.92 Å². The molecule has 1 saturated heterocycles. The average Bonchev–Trinajstić information content (AvgIpc) is 2.43. The fourth-order valence-corrected chi connectivity index (χ4v) is 2.52. The van der Waals surface area contributed by atoms with Gasteiger partial charge in [0.1, 0.15) is 0 Å². The van der Waals surface area contributed by atoms with Crippen molar-refractivity contribution in [2.24, 2.45) is 0 Å². The Morgan fingerprint density at radius 3 is 2.86 bits per heavy atom. The quantitative estimate of drug-likeness (QED) is 0.825. The molecule has 0 spiro atoms. The lowest BCUT2D eigenvalue weighted by Gasteiger charge is -2.36. The predicted octanol–water partition coefficient (Wildman–Crippen LogP) is 1.51. The van der Waals surface area contributed by atoms with E-state index in [1.807, 2.05) is 0 Å². The maximum absolute atomic E-state index is 12.2. The van der Waals surface area contributed by atoms with Crippen LogP contribution in [0.2, 0.25) is 0 Å². The van der Waals surface area contributed by atoms with Gasteiger partial charge in [-0.3, -0.25) is 14.5 Å². The Kier molecular flexibility index (Phi) is 5.09. The smallest absolute Gasteiger partial charge is 0.238 e. The number of piperazine rings is 1. The van der Waals surface area contributed by atoms with Crippen molar-refractivity contribution in [1.29, 1.82) is 0 Å². The highest BCUT2D eigenvalue weighted by atomic mass is 16.2. The maximum atomic E-state index is 12.2. The minimum atomic E-state index is -0.0448. The molecule has 1 aliphatic rings. The molecular weight excluding hydrogens is 266 g/mol. The Hall–Kier alpha value is -1.72. The number of rotatable bonds is 4. The standard InChI is InChI=1S/C16H23N3O2/c1-11-9-19(12(2)8-17-11)10-16(21)18-15-6-4-5-14(7-15)13(3)20/h4-7,11-12,17H,8-10H2,1-3H3,(H,18,21). The molecule has 1 aromatic carbocycles. The first-order chi connectivity index (χ1) is 9.95. The van der Waals surface area contributed by atoms with Crippen molar-refractivity contribution in [3.05, 3.63) is 29.8 Å². The van der Waals surface area contributed by atoms with Gasteiger partial charge in [-0.15, -0.1) is 0 Å². The van der Waals surface area contributed by atoms with Gasteiger partial charge in [0, 0.05) is 36.4 Å². The monoisotopic (exact) mass is 289 g/mol. The van der Waals surface area contributed by atoms with Crippen LogP contribution in [-0.4, -0.2) is 48.3 Å². The number of hydrogen-bond donors (Lipinski definition) is 2. The zero-order valence-corrected chi connectivity index (χ0v) is 12.8. The minimum Gasteiger partial charge on any atom is -0.325 e. The first-order valence-electron chi connectivity index (χ1n) is 7.34. The number of Topliss-reactive ketones (excluding diaryl/α,β-unsaturated/α-hetero) is 1. The van der Waals surface area contributed by atoms with E-state index < -0.39 is 0 Å². The third-order valence-electron chi connectivity index (χ3n) is 3.79. The van der Waals surface area contributed by atoms with Gasteiger partial charge in [-0.1, -0.05) is 12.1 Å². The molecule has 5 heteroatoms. The molecule has 0 aromatic heterocycles. The van der Waals surface area contributed by atoms with E-state index >= 15 is 0 Å². The van der Waals surface area contributed by atoms with Crippen molar-refractivity contribution in [3.8, 4) is 0 Å². The van der Waals surface area contributed by atoms with Crippen molar-refractivity contribution < 1.29 is 9.59 Å². The van der Waals surface area contributed by atoms with E-state index in [2.05, 4.69) is 29.4 Å². The lowest BCUT2D eigenvalue weighted by Crippen LogP contribution is -2.55. The molecular formula is C16H23N3O2. The summed E-state index contributed by atoms with van der Waals surface area (Å²) in [5.74, 6) is -0.0488. The molecule has 1 amide bonds. The first-order valence-corrected chi connectivity index (χ1v) is 7.34. The van der Waals surface area contributed by atoms with Gasteiger partial charge in [-0.2, -0.15) is 0 Å². The molecule has 114 valence electrons. The second-order valence-corrected chi connectivity index (χ2v) is 5.77. The molecule has 2 N–H and O–H groups in total. The van der Waals surface area contributed by atoms with Crippen molar-refractivity contribution in [3.63, 3.8) is 0 Å². The Bertz CT molecular complexity index is 530. The van der Waals surface area contributed by atoms with Gasteiger partial charge >= 0.3 is 0 Å². The van der Waals surface area contributed by atoms with Gasteiger partial charge in [0.2, 0.25) is 5.91 Å². The molecule has 1 aromatic rings. The molecule has 0 aliphatic carbocycles. The van der Waals surface area contributed by atoms with Gasteiger partial charge in [0.25, 0.3) is 0 Å². The summed E-state index contributed by atoms with van der Waals surface area (Å²) < 4.78 is 0. The number of hydrogen-bond acceptors (Lipinski definition) is 4. The Balaban J connectivity index is 1.95. The predicted molar refractivity (Wildman–Crippen MR) is 83.6 cm³/mol. The molecule has 1 aliphatic heterocycles. The number of carbonyl (C=O) groups excluding carboxylic acids is 2. The third-order valence-corrected chi connectivity index (χ3v) is 3.79. The maximum Gasteiger partial charge on any atom is 0.238 e. The molecule has 2 atom stereocenters. The topological polar surface area (TPSA) is 61.4 Å². The zero-order valence-electron chi connectivity index (χ0n) is 12.8. The molecule has 5 nitrogen and oxygen atoms in total. The summed E-state index contributed by atoms with van der Waals surface area (Å²) in [5.41, 5.74) is 1.28. The highest BCUT2D eigenvalue weighted by Crippen LogP contribution is 2.12. The summed E-state index contributed by atoms with van der Waals surface area (Å²) in [7, 11) is 0. The van der Waals surface area contributed by atoms with Gasteiger partial charge in [-0.05, 0) is 32.9 Å². The summed E-state index contributed by atoms with van der Waals surface area (Å²) in [6.07, 6.45) is 0. The van der Waals surface area contributed by atoms with Gasteiger partial charge in [0.15, 0.2) is 5.78 Å². The molecule has 0 radical (unpaired) electrons. The summed E-state index contributed by atoms with van der Waals surface area (Å²) in [6, 6.07) is 7.78. The van der Waals surface area contributed by atoms with E-state index in [1.54, 1.807) is 24.3 Å². The van der Waals surface area contributed by atoms with E-state index in [0.717, 1.165) is 13.1 Å². The van der Waals surface area contributed by atoms with Crippen LogP contribution in [0.5, 0.6) is 0 Å². The largest absolute Gasteiger partial charge is 0.325 e. The molecule has 0 saturated carbocycles. The Morgan fingerprint density at radius 2 is 2.14 bits per heavy atom. The average molecular weight is 289 g/mol. The second-order valence-electron chi connectivity index (χ2n) is 5.77. The van der Waals surface area contributed by atoms with Gasteiger partial charge < -0.3 is 10.6 Å². The second kappa shape index (κ2) is 6.83. The number of anilines is 1. The lowest BCUT2D eigenvalue weighted by molar-refractivity contribution is -0.118. The van der Waals surface area contributed by atoms with Crippen molar-refractivity contribution >= 4 is 17.4 Å². The number of nitrogens with zero attached hydrogens (tertiary/aromatic N) is 1. The molecule has 1 fully saturated rings. The van der Waals surface area contributed by atoms with Crippen LogP contribution < -0.4 is 10.6 Å². The molecule has 2 unspecified atom stereocenters. The highest BCUT2D eigenvalue weighted by Gasteiger charge is 2.24. The number of benzene rings is 1. The van der Waals surface area contributed by atoms with E-state index in [-0.39, 0.29) is 11.7 Å². The van der Waals surface area contributed by atoms with Gasteiger partial charge in [0.05, 0.1) is 6.54 Å². The van der Waals surface area contributed by atoms with Crippen LogP contribution in [0.25, 0.3) is 0 Å². The normalized spacial score (nSPS) is 22.8. The summed E-state index contributed by atoms with van der Waals surface area (Å²) in [6.45, 7) is 7.88. The van der Waals surface area contributed by atoms with Crippen molar-refractivity contribution in [2.45, 2.75) is 32.9 Å². The number of nitrogens with one attached hydrogen (secondary N) is 2. The van der Waals surface area contributed by atoms with Crippen LogP contribution in [-0.2, 0) is 4.79 Å². The van der Waals surface area contributed by atoms with E-state index in [4.69, 9.17) is 0 Å². The van der Waals surface area contributed by atoms with Crippen molar-refractivity contribution in [1.82, 2.24) is 10.2 Å². The van der Waals surface area contributed by atoms with Crippen LogP contribution in [0.3, 0.4) is 0 Å². The van der Waals surface area contributed by atoms with Crippen LogP contribution in [0.1, 0.15) is 31.1 Å². The van der Waals surface area contributed by atoms with Gasteiger partial charge in [-0.25, -0.2) is 0 Å². The first kappa shape index (κ1) is 15.7. The van der Waals surface area contributed by atoms with Crippen LogP contribution in [0.15, 0.2) is 24.3 Å². The minimum absolute atomic E-state index is 0.00403. The molecule has 21 heavy (non-hydrogen) atoms.